The number of aromatic nitrogens is 1. The van der Waals surface area contributed by atoms with Crippen LogP contribution < -0.4 is 5.32 Å². The van der Waals surface area contributed by atoms with Gasteiger partial charge < -0.3 is 10.4 Å². The summed E-state index contributed by atoms with van der Waals surface area (Å²) < 4.78 is 0. The van der Waals surface area contributed by atoms with E-state index in [4.69, 9.17) is 5.11 Å². The Bertz CT molecular complexity index is 263. The molecule has 2 atom stereocenters. The molecule has 13 heavy (non-hydrogen) atoms. The lowest BCUT2D eigenvalue weighted by molar-refractivity contribution is 0.226. The van der Waals surface area contributed by atoms with Gasteiger partial charge >= 0.3 is 0 Å². The standard InChI is InChI=1S/C10H14N2O/c13-7-9-5-12-6-10(9)8-1-3-11-4-2-8/h1-4,9-10,12-13H,5-7H2/t9-,10+/m0/s1. The first kappa shape index (κ1) is 8.66. The molecule has 2 N–H and O–H groups in total. The fourth-order valence-corrected chi connectivity index (χ4v) is 1.93. The lowest BCUT2D eigenvalue weighted by Crippen LogP contribution is -2.14. The van der Waals surface area contributed by atoms with Crippen LogP contribution >= 0.6 is 0 Å². The highest BCUT2D eigenvalue weighted by atomic mass is 16.3. The highest BCUT2D eigenvalue weighted by Gasteiger charge is 2.27. The van der Waals surface area contributed by atoms with Gasteiger partial charge in [-0.1, -0.05) is 0 Å². The third-order valence-corrected chi connectivity index (χ3v) is 2.71. The molecule has 1 fully saturated rings. The average Bonchev–Trinajstić information content (AvgIpc) is 2.67. The van der Waals surface area contributed by atoms with Crippen LogP contribution in [0.2, 0.25) is 0 Å². The Morgan fingerprint density at radius 3 is 2.85 bits per heavy atom. The summed E-state index contributed by atoms with van der Waals surface area (Å²) in [6, 6.07) is 4.06. The molecule has 1 aromatic rings. The van der Waals surface area contributed by atoms with Crippen molar-refractivity contribution in [3.63, 3.8) is 0 Å². The monoisotopic (exact) mass is 178 g/mol. The van der Waals surface area contributed by atoms with Crippen molar-refractivity contribution in [2.24, 2.45) is 5.92 Å². The van der Waals surface area contributed by atoms with Crippen LogP contribution in [0, 0.1) is 5.92 Å². The van der Waals surface area contributed by atoms with E-state index in [2.05, 4.69) is 10.3 Å². The van der Waals surface area contributed by atoms with Crippen molar-refractivity contribution in [1.29, 1.82) is 0 Å². The molecule has 0 bridgehead atoms. The Labute approximate surface area is 77.8 Å². The van der Waals surface area contributed by atoms with Crippen molar-refractivity contribution in [3.05, 3.63) is 30.1 Å². The number of nitrogens with one attached hydrogen (secondary N) is 1. The minimum absolute atomic E-state index is 0.264. The normalized spacial score (nSPS) is 27.8. The van der Waals surface area contributed by atoms with Gasteiger partial charge in [0.05, 0.1) is 0 Å². The molecule has 2 rings (SSSR count). The zero-order chi connectivity index (χ0) is 9.10. The molecular weight excluding hydrogens is 164 g/mol. The maximum Gasteiger partial charge on any atom is 0.0477 e. The summed E-state index contributed by atoms with van der Waals surface area (Å²) in [4.78, 5) is 3.98. The van der Waals surface area contributed by atoms with E-state index in [9.17, 15) is 0 Å². The van der Waals surface area contributed by atoms with E-state index in [1.165, 1.54) is 5.56 Å². The second kappa shape index (κ2) is 3.85. The van der Waals surface area contributed by atoms with Gasteiger partial charge in [-0.25, -0.2) is 0 Å². The van der Waals surface area contributed by atoms with Crippen molar-refractivity contribution in [2.75, 3.05) is 19.7 Å². The van der Waals surface area contributed by atoms with Gasteiger partial charge in [-0.2, -0.15) is 0 Å². The van der Waals surface area contributed by atoms with Crippen LogP contribution in [0.3, 0.4) is 0 Å². The van der Waals surface area contributed by atoms with Gasteiger partial charge in [0, 0.05) is 43.9 Å². The minimum atomic E-state index is 0.264. The highest BCUT2D eigenvalue weighted by Crippen LogP contribution is 2.26. The first-order chi connectivity index (χ1) is 6.42. The molecule has 70 valence electrons. The smallest absolute Gasteiger partial charge is 0.0477 e. The maximum atomic E-state index is 9.14. The summed E-state index contributed by atoms with van der Waals surface area (Å²) in [5.74, 6) is 0.815. The fourth-order valence-electron chi connectivity index (χ4n) is 1.93. The van der Waals surface area contributed by atoms with Crippen LogP contribution in [-0.4, -0.2) is 29.8 Å². The molecule has 3 heteroatoms. The molecule has 1 aromatic heterocycles. The number of aliphatic hydroxyl groups excluding tert-OH is 1. The highest BCUT2D eigenvalue weighted by molar-refractivity contribution is 5.19. The average molecular weight is 178 g/mol. The largest absolute Gasteiger partial charge is 0.396 e. The van der Waals surface area contributed by atoms with Crippen LogP contribution in [0.4, 0.5) is 0 Å². The first-order valence-corrected chi connectivity index (χ1v) is 4.63. The number of rotatable bonds is 2. The quantitative estimate of drug-likeness (QED) is 0.688. The molecule has 2 heterocycles. The number of pyridine rings is 1. The van der Waals surface area contributed by atoms with E-state index in [1.54, 1.807) is 0 Å². The molecule has 0 amide bonds. The molecule has 1 aliphatic rings. The van der Waals surface area contributed by atoms with Crippen LogP contribution in [0.15, 0.2) is 24.5 Å². The molecule has 0 radical (unpaired) electrons. The van der Waals surface area contributed by atoms with Gasteiger partial charge in [-0.05, 0) is 17.7 Å². The molecule has 1 aliphatic heterocycles. The third kappa shape index (κ3) is 1.71. The van der Waals surface area contributed by atoms with Crippen LogP contribution in [0.25, 0.3) is 0 Å². The summed E-state index contributed by atoms with van der Waals surface area (Å²) in [6.45, 7) is 2.15. The second-order valence-corrected chi connectivity index (χ2v) is 3.49. The number of nitrogens with zero attached hydrogens (tertiary/aromatic N) is 1. The van der Waals surface area contributed by atoms with E-state index < -0.39 is 0 Å². The molecule has 0 unspecified atom stereocenters. The van der Waals surface area contributed by atoms with Crippen molar-refractivity contribution in [3.8, 4) is 0 Å². The zero-order valence-corrected chi connectivity index (χ0v) is 7.48. The predicted molar refractivity (Wildman–Crippen MR) is 50.4 cm³/mol. The molecule has 0 aromatic carbocycles. The third-order valence-electron chi connectivity index (χ3n) is 2.71. The van der Waals surface area contributed by atoms with Crippen LogP contribution in [0.5, 0.6) is 0 Å². The number of aliphatic hydroxyl groups is 1. The summed E-state index contributed by atoms with van der Waals surface area (Å²) in [6.07, 6.45) is 3.62. The Kier molecular flexibility index (Phi) is 2.57. The summed E-state index contributed by atoms with van der Waals surface area (Å²) in [7, 11) is 0. The Morgan fingerprint density at radius 2 is 2.15 bits per heavy atom. The van der Waals surface area contributed by atoms with E-state index in [0.717, 1.165) is 13.1 Å². The Hall–Kier alpha value is -0.930. The second-order valence-electron chi connectivity index (χ2n) is 3.49. The molecule has 1 saturated heterocycles. The molecule has 0 saturated carbocycles. The van der Waals surface area contributed by atoms with E-state index in [0.29, 0.717) is 11.8 Å². The van der Waals surface area contributed by atoms with Gasteiger partial charge in [-0.3, -0.25) is 4.98 Å². The lowest BCUT2D eigenvalue weighted by Gasteiger charge is -2.15. The molecule has 0 aliphatic carbocycles. The summed E-state index contributed by atoms with van der Waals surface area (Å²) in [5, 5.41) is 12.4. The topological polar surface area (TPSA) is 45.1 Å². The van der Waals surface area contributed by atoms with E-state index in [1.807, 2.05) is 24.5 Å². The van der Waals surface area contributed by atoms with Crippen molar-refractivity contribution < 1.29 is 5.11 Å². The van der Waals surface area contributed by atoms with Gasteiger partial charge in [0.15, 0.2) is 0 Å². The van der Waals surface area contributed by atoms with Gasteiger partial charge in [-0.15, -0.1) is 0 Å². The molecule has 0 spiro atoms. The summed E-state index contributed by atoms with van der Waals surface area (Å²) in [5.41, 5.74) is 1.28. The van der Waals surface area contributed by atoms with Crippen molar-refractivity contribution in [1.82, 2.24) is 10.3 Å². The SMILES string of the molecule is OC[C@@H]1CNC[C@@H]1c1ccncc1. The predicted octanol–water partition coefficient (Wildman–Crippen LogP) is 0.377. The van der Waals surface area contributed by atoms with Crippen molar-refractivity contribution >= 4 is 0 Å². The minimum Gasteiger partial charge on any atom is -0.396 e. The Morgan fingerprint density at radius 1 is 1.38 bits per heavy atom. The van der Waals surface area contributed by atoms with Gasteiger partial charge in [0.1, 0.15) is 0 Å². The molecule has 3 nitrogen and oxygen atoms in total. The zero-order valence-electron chi connectivity index (χ0n) is 7.48. The maximum absolute atomic E-state index is 9.14. The van der Waals surface area contributed by atoms with E-state index in [-0.39, 0.29) is 6.61 Å². The first-order valence-electron chi connectivity index (χ1n) is 4.63. The van der Waals surface area contributed by atoms with E-state index >= 15 is 0 Å². The van der Waals surface area contributed by atoms with Crippen LogP contribution in [-0.2, 0) is 0 Å². The number of hydrogen-bond donors (Lipinski definition) is 2. The Balaban J connectivity index is 2.16. The summed E-state index contributed by atoms with van der Waals surface area (Å²) >= 11 is 0. The van der Waals surface area contributed by atoms with Gasteiger partial charge in [0.2, 0.25) is 0 Å². The van der Waals surface area contributed by atoms with Crippen LogP contribution in [0.1, 0.15) is 11.5 Å². The van der Waals surface area contributed by atoms with Gasteiger partial charge in [0.25, 0.3) is 0 Å². The number of hydrogen-bond acceptors (Lipinski definition) is 3. The lowest BCUT2D eigenvalue weighted by atomic mass is 9.90. The molecular formula is C10H14N2O. The fraction of sp³-hybridized carbons (Fsp3) is 0.500. The van der Waals surface area contributed by atoms with Crippen molar-refractivity contribution in [2.45, 2.75) is 5.92 Å².